The number of aliphatic hydroxyl groups excluding tert-OH is 1. The Hall–Kier alpha value is -1.14. The van der Waals surface area contributed by atoms with E-state index < -0.39 is 17.5 Å². The summed E-state index contributed by atoms with van der Waals surface area (Å²) in [6.07, 6.45) is 5.68. The van der Waals surface area contributed by atoms with Gasteiger partial charge in [-0.2, -0.15) is 0 Å². The number of hydrogen-bond acceptors (Lipinski definition) is 3. The molecule has 0 bridgehead atoms. The van der Waals surface area contributed by atoms with Crippen LogP contribution < -0.4 is 5.32 Å². The molecule has 28 heavy (non-hydrogen) atoms. The molecule has 4 nitrogen and oxygen atoms in total. The molecule has 2 fully saturated rings. The zero-order chi connectivity index (χ0) is 20.1. The Balaban J connectivity index is 1.54. The van der Waals surface area contributed by atoms with Gasteiger partial charge in [0.1, 0.15) is 11.9 Å². The summed E-state index contributed by atoms with van der Waals surface area (Å²) in [6.45, 7) is 3.67. The van der Waals surface area contributed by atoms with Crippen LogP contribution in [0.3, 0.4) is 0 Å². The van der Waals surface area contributed by atoms with Crippen molar-refractivity contribution in [3.05, 3.63) is 40.7 Å². The molecular weight excluding hydrogens is 379 g/mol. The quantitative estimate of drug-likeness (QED) is 0.627. The maximum atomic E-state index is 14.4. The Bertz CT molecular complexity index is 864. The molecule has 0 spiro atoms. The minimum atomic E-state index is -1.24. The van der Waals surface area contributed by atoms with Gasteiger partial charge in [0, 0.05) is 24.0 Å². The van der Waals surface area contributed by atoms with Gasteiger partial charge in [0.05, 0.1) is 16.1 Å². The van der Waals surface area contributed by atoms with Gasteiger partial charge in [-0.05, 0) is 69.1 Å². The van der Waals surface area contributed by atoms with Crippen LogP contribution in [0.25, 0.3) is 5.52 Å². The van der Waals surface area contributed by atoms with Crippen LogP contribution in [0.1, 0.15) is 75.8 Å². The number of rotatable bonds is 5. The highest BCUT2D eigenvalue weighted by atomic mass is 35.5. The first kappa shape index (κ1) is 20.1. The van der Waals surface area contributed by atoms with Gasteiger partial charge >= 0.3 is 0 Å². The second kappa shape index (κ2) is 7.28. The molecule has 0 aliphatic heterocycles. The second-order valence-corrected chi connectivity index (χ2v) is 9.53. The molecule has 2 aromatic heterocycles. The van der Waals surface area contributed by atoms with Crippen molar-refractivity contribution in [2.75, 3.05) is 6.54 Å². The molecule has 4 unspecified atom stereocenters. The van der Waals surface area contributed by atoms with E-state index in [4.69, 9.17) is 11.6 Å². The Morgan fingerprint density at radius 3 is 2.79 bits per heavy atom. The fourth-order valence-electron chi connectivity index (χ4n) is 4.66. The van der Waals surface area contributed by atoms with Crippen LogP contribution in [0.5, 0.6) is 0 Å². The van der Waals surface area contributed by atoms with Crippen molar-refractivity contribution in [3.63, 3.8) is 0 Å². The number of hydrogen-bond donors (Lipinski definition) is 3. The Kier molecular flexibility index (Phi) is 5.24. The Labute approximate surface area is 170 Å². The lowest BCUT2D eigenvalue weighted by Gasteiger charge is -2.42. The number of pyridine rings is 1. The number of aliphatic hydroxyl groups is 2. The molecule has 0 saturated heterocycles. The van der Waals surface area contributed by atoms with Crippen molar-refractivity contribution < 1.29 is 14.6 Å². The fourth-order valence-corrected chi connectivity index (χ4v) is 4.94. The summed E-state index contributed by atoms with van der Waals surface area (Å²) in [5.41, 5.74) is 0.468. The van der Waals surface area contributed by atoms with Gasteiger partial charge in [0.25, 0.3) is 0 Å². The van der Waals surface area contributed by atoms with Gasteiger partial charge in [-0.3, -0.25) is 5.32 Å². The Morgan fingerprint density at radius 2 is 2.14 bits per heavy atom. The van der Waals surface area contributed by atoms with E-state index in [2.05, 4.69) is 9.72 Å². The minimum Gasteiger partial charge on any atom is -0.389 e. The minimum absolute atomic E-state index is 0.217. The summed E-state index contributed by atoms with van der Waals surface area (Å²) in [4.78, 5) is 0. The smallest absolute Gasteiger partial charge is 0.133 e. The summed E-state index contributed by atoms with van der Waals surface area (Å²) in [7, 11) is 0. The molecular formula is C22H30ClFN2O2. The van der Waals surface area contributed by atoms with E-state index in [1.807, 2.05) is 31.3 Å². The molecule has 0 amide bonds. The van der Waals surface area contributed by atoms with E-state index >= 15 is 0 Å². The lowest BCUT2D eigenvalue weighted by Crippen LogP contribution is -2.50. The van der Waals surface area contributed by atoms with E-state index in [0.717, 1.165) is 23.9 Å². The zero-order valence-corrected chi connectivity index (χ0v) is 17.3. The molecule has 4 rings (SSSR count). The molecule has 154 valence electrons. The lowest BCUT2D eigenvalue weighted by molar-refractivity contribution is -0.0749. The van der Waals surface area contributed by atoms with Crippen LogP contribution in [0.2, 0.25) is 5.02 Å². The number of nitrogens with zero attached hydrogens (tertiary/aromatic N) is 1. The van der Waals surface area contributed by atoms with Gasteiger partial charge in [-0.15, -0.1) is 0 Å². The SMILES string of the molecule is CC1CC(O)(CNC(O)c2cc(C3CCC3)n3cccc(Cl)c23)CCC1(C)F. The third kappa shape index (κ3) is 3.58. The van der Waals surface area contributed by atoms with Crippen molar-refractivity contribution in [2.45, 2.75) is 75.8 Å². The first-order valence-electron chi connectivity index (χ1n) is 10.3. The molecule has 3 N–H and O–H groups in total. The van der Waals surface area contributed by atoms with Crippen molar-refractivity contribution >= 4 is 17.1 Å². The zero-order valence-electron chi connectivity index (χ0n) is 16.6. The van der Waals surface area contributed by atoms with Crippen LogP contribution in [-0.2, 0) is 0 Å². The Morgan fingerprint density at radius 1 is 1.39 bits per heavy atom. The molecule has 0 aromatic carbocycles. The molecule has 4 atom stereocenters. The normalized spacial score (nSPS) is 32.4. The first-order chi connectivity index (χ1) is 13.2. The predicted molar refractivity (Wildman–Crippen MR) is 109 cm³/mol. The van der Waals surface area contributed by atoms with Crippen molar-refractivity contribution in [1.29, 1.82) is 0 Å². The molecule has 2 heterocycles. The van der Waals surface area contributed by atoms with E-state index in [0.29, 0.717) is 30.2 Å². The maximum Gasteiger partial charge on any atom is 0.133 e. The van der Waals surface area contributed by atoms with Gasteiger partial charge in [-0.1, -0.05) is 24.9 Å². The van der Waals surface area contributed by atoms with E-state index in [-0.39, 0.29) is 12.5 Å². The standard InChI is InChI=1S/C22H30ClFN2O2/c1-14-12-22(28,9-8-21(14,2)24)13-25-20(27)16-11-18(15-5-3-6-15)26-10-4-7-17(23)19(16)26/h4,7,10-11,14-15,20,25,27-28H,3,5-6,8-9,12-13H2,1-2H3. The van der Waals surface area contributed by atoms with Crippen molar-refractivity contribution in [1.82, 2.24) is 9.72 Å². The summed E-state index contributed by atoms with van der Waals surface area (Å²) >= 11 is 6.46. The summed E-state index contributed by atoms with van der Waals surface area (Å²) in [5, 5.41) is 25.5. The third-order valence-corrected chi connectivity index (χ3v) is 7.34. The van der Waals surface area contributed by atoms with Crippen LogP contribution >= 0.6 is 11.6 Å². The van der Waals surface area contributed by atoms with E-state index in [1.165, 1.54) is 12.1 Å². The van der Waals surface area contributed by atoms with Crippen molar-refractivity contribution in [3.8, 4) is 0 Å². The topological polar surface area (TPSA) is 56.9 Å². The highest BCUT2D eigenvalue weighted by molar-refractivity contribution is 6.34. The molecule has 0 radical (unpaired) electrons. The summed E-state index contributed by atoms with van der Waals surface area (Å²) in [6, 6.07) is 5.78. The highest BCUT2D eigenvalue weighted by Crippen LogP contribution is 2.42. The number of alkyl halides is 1. The number of nitrogens with one attached hydrogen (secondary N) is 1. The summed E-state index contributed by atoms with van der Waals surface area (Å²) < 4.78 is 16.5. The average molecular weight is 409 g/mol. The van der Waals surface area contributed by atoms with Gasteiger partial charge < -0.3 is 14.6 Å². The summed E-state index contributed by atoms with van der Waals surface area (Å²) in [5.74, 6) is 0.276. The monoisotopic (exact) mass is 408 g/mol. The molecule has 2 aliphatic rings. The van der Waals surface area contributed by atoms with Crippen LogP contribution in [0, 0.1) is 5.92 Å². The first-order valence-corrected chi connectivity index (χ1v) is 10.7. The van der Waals surface area contributed by atoms with Crippen LogP contribution in [-0.4, -0.2) is 32.4 Å². The molecule has 2 aromatic rings. The van der Waals surface area contributed by atoms with Crippen LogP contribution in [0.15, 0.2) is 24.4 Å². The number of aromatic nitrogens is 1. The predicted octanol–water partition coefficient (Wildman–Crippen LogP) is 4.72. The highest BCUT2D eigenvalue weighted by Gasteiger charge is 2.44. The molecule has 2 saturated carbocycles. The molecule has 2 aliphatic carbocycles. The average Bonchev–Trinajstić information content (AvgIpc) is 2.97. The van der Waals surface area contributed by atoms with Gasteiger partial charge in [-0.25, -0.2) is 4.39 Å². The number of halogens is 2. The van der Waals surface area contributed by atoms with E-state index in [9.17, 15) is 14.6 Å². The van der Waals surface area contributed by atoms with Gasteiger partial charge in [0.15, 0.2) is 0 Å². The third-order valence-electron chi connectivity index (χ3n) is 7.04. The van der Waals surface area contributed by atoms with Crippen molar-refractivity contribution in [2.24, 2.45) is 5.92 Å². The van der Waals surface area contributed by atoms with E-state index in [1.54, 1.807) is 6.92 Å². The largest absolute Gasteiger partial charge is 0.389 e. The maximum absolute atomic E-state index is 14.4. The van der Waals surface area contributed by atoms with Crippen LogP contribution in [0.4, 0.5) is 4.39 Å². The van der Waals surface area contributed by atoms with Gasteiger partial charge in [0.2, 0.25) is 0 Å². The molecule has 6 heteroatoms. The fraction of sp³-hybridized carbons (Fsp3) is 0.636. The number of fused-ring (bicyclic) bond motifs is 1. The lowest BCUT2D eigenvalue weighted by atomic mass is 9.71. The second-order valence-electron chi connectivity index (χ2n) is 9.12.